The Labute approximate surface area is 192 Å². The molecule has 4 rings (SSSR count). The minimum atomic E-state index is -0.337. The number of nitrogens with one attached hydrogen (secondary N) is 2. The highest BCUT2D eigenvalue weighted by molar-refractivity contribution is 5.79. The van der Waals surface area contributed by atoms with Crippen LogP contribution in [0.1, 0.15) is 12.2 Å². The summed E-state index contributed by atoms with van der Waals surface area (Å²) < 4.78 is 21.3. The first-order valence-corrected chi connectivity index (χ1v) is 11.4. The van der Waals surface area contributed by atoms with Gasteiger partial charge >= 0.3 is 6.03 Å². The van der Waals surface area contributed by atoms with Crippen molar-refractivity contribution in [3.8, 4) is 5.75 Å². The number of ether oxygens (including phenoxy) is 1. The summed E-state index contributed by atoms with van der Waals surface area (Å²) in [5, 5.41) is 5.76. The summed E-state index contributed by atoms with van der Waals surface area (Å²) >= 11 is 0. The van der Waals surface area contributed by atoms with Gasteiger partial charge in [0.1, 0.15) is 17.4 Å². The van der Waals surface area contributed by atoms with E-state index in [2.05, 4.69) is 20.5 Å². The number of aryl methyl sites for hydroxylation is 1. The lowest BCUT2D eigenvalue weighted by molar-refractivity contribution is -0.127. The van der Waals surface area contributed by atoms with Crippen molar-refractivity contribution in [1.29, 1.82) is 0 Å². The molecular weight excluding hydrogens is 427 g/mol. The van der Waals surface area contributed by atoms with Gasteiger partial charge in [0.15, 0.2) is 0 Å². The van der Waals surface area contributed by atoms with Crippen molar-refractivity contribution in [2.24, 2.45) is 18.9 Å². The van der Waals surface area contributed by atoms with Crippen molar-refractivity contribution >= 4 is 11.9 Å². The van der Waals surface area contributed by atoms with Gasteiger partial charge in [0.05, 0.1) is 19.1 Å². The number of hydrogen-bond acceptors (Lipinski definition) is 5. The molecule has 0 unspecified atom stereocenters. The third kappa shape index (κ3) is 6.22. The van der Waals surface area contributed by atoms with Crippen LogP contribution < -0.4 is 15.4 Å². The standard InChI is InChI=1S/C23H31FN6O3/c1-28-8-5-25-21(28)15-29-13-17(16-33-20-4-2-3-19(24)12-20)11-18(14-29)22(31)26-6-9-30-10-7-27-23(30)32/h2-5,8,12,17-18H,6-7,9-11,13-16H2,1H3,(H,26,31)(H,27,32)/t17-,18+/m0/s1. The van der Waals surface area contributed by atoms with Crippen molar-refractivity contribution in [3.63, 3.8) is 0 Å². The number of halogens is 1. The Bertz CT molecular complexity index is 967. The molecular formula is C23H31FN6O3. The molecule has 3 amide bonds. The summed E-state index contributed by atoms with van der Waals surface area (Å²) in [6, 6.07) is 6.02. The van der Waals surface area contributed by atoms with E-state index < -0.39 is 0 Å². The smallest absolute Gasteiger partial charge is 0.317 e. The lowest BCUT2D eigenvalue weighted by Gasteiger charge is -2.37. The Morgan fingerprint density at radius 3 is 2.97 bits per heavy atom. The normalized spacial score (nSPS) is 21.2. The highest BCUT2D eigenvalue weighted by atomic mass is 19.1. The first-order chi connectivity index (χ1) is 16.0. The topological polar surface area (TPSA) is 91.7 Å². The van der Waals surface area contributed by atoms with Crippen LogP contribution in [0.25, 0.3) is 0 Å². The molecule has 2 aliphatic heterocycles. The summed E-state index contributed by atoms with van der Waals surface area (Å²) in [6.45, 7) is 4.65. The molecule has 33 heavy (non-hydrogen) atoms. The number of benzene rings is 1. The lowest BCUT2D eigenvalue weighted by atomic mass is 9.89. The van der Waals surface area contributed by atoms with E-state index in [1.807, 2.05) is 17.8 Å². The van der Waals surface area contributed by atoms with Crippen LogP contribution in [0, 0.1) is 17.7 Å². The zero-order valence-corrected chi connectivity index (χ0v) is 18.9. The third-order valence-electron chi connectivity index (χ3n) is 6.18. The molecule has 0 saturated carbocycles. The van der Waals surface area contributed by atoms with Crippen molar-refractivity contribution in [2.75, 3.05) is 45.9 Å². The van der Waals surface area contributed by atoms with Gasteiger partial charge in [-0.15, -0.1) is 0 Å². The Balaban J connectivity index is 1.35. The zero-order chi connectivity index (χ0) is 23.2. The van der Waals surface area contributed by atoms with E-state index >= 15 is 0 Å². The van der Waals surface area contributed by atoms with Crippen LogP contribution in [-0.4, -0.2) is 77.2 Å². The number of imidazole rings is 1. The molecule has 0 bridgehead atoms. The second-order valence-electron chi connectivity index (χ2n) is 8.73. The Morgan fingerprint density at radius 1 is 1.36 bits per heavy atom. The average Bonchev–Trinajstić information content (AvgIpc) is 3.40. The van der Waals surface area contributed by atoms with Crippen LogP contribution in [0.3, 0.4) is 0 Å². The quantitative estimate of drug-likeness (QED) is 0.590. The molecule has 2 N–H and O–H groups in total. The molecule has 1 aromatic carbocycles. The van der Waals surface area contributed by atoms with Gasteiger partial charge in [-0.2, -0.15) is 0 Å². The number of piperidine rings is 1. The van der Waals surface area contributed by atoms with Crippen LogP contribution in [0.15, 0.2) is 36.7 Å². The molecule has 3 heterocycles. The molecule has 10 heteroatoms. The predicted molar refractivity (Wildman–Crippen MR) is 120 cm³/mol. The van der Waals surface area contributed by atoms with E-state index in [9.17, 15) is 14.0 Å². The van der Waals surface area contributed by atoms with Gasteiger partial charge in [0.25, 0.3) is 0 Å². The summed E-state index contributed by atoms with van der Waals surface area (Å²) in [7, 11) is 1.95. The van der Waals surface area contributed by atoms with Crippen LogP contribution in [0.5, 0.6) is 5.75 Å². The lowest BCUT2D eigenvalue weighted by Crippen LogP contribution is -2.48. The Morgan fingerprint density at radius 2 is 2.24 bits per heavy atom. The minimum Gasteiger partial charge on any atom is -0.493 e. The molecule has 9 nitrogen and oxygen atoms in total. The summed E-state index contributed by atoms with van der Waals surface area (Å²) in [6.07, 6.45) is 4.35. The van der Waals surface area contributed by atoms with E-state index in [1.165, 1.54) is 12.1 Å². The fourth-order valence-electron chi connectivity index (χ4n) is 4.45. The maximum Gasteiger partial charge on any atom is 0.317 e. The van der Waals surface area contributed by atoms with Crippen molar-refractivity contribution in [3.05, 3.63) is 48.3 Å². The fourth-order valence-corrected chi connectivity index (χ4v) is 4.45. The van der Waals surface area contributed by atoms with Gasteiger partial charge in [-0.1, -0.05) is 6.07 Å². The van der Waals surface area contributed by atoms with E-state index in [-0.39, 0.29) is 29.6 Å². The van der Waals surface area contributed by atoms with Gasteiger partial charge in [-0.3, -0.25) is 9.69 Å². The van der Waals surface area contributed by atoms with Crippen molar-refractivity contribution < 1.29 is 18.7 Å². The Kier molecular flexibility index (Phi) is 7.43. The van der Waals surface area contributed by atoms with E-state index in [4.69, 9.17) is 4.74 Å². The molecule has 1 aromatic heterocycles. The molecule has 2 aromatic rings. The summed E-state index contributed by atoms with van der Waals surface area (Å²) in [4.78, 5) is 33.0. The van der Waals surface area contributed by atoms with Gasteiger partial charge in [0.2, 0.25) is 5.91 Å². The average molecular weight is 459 g/mol. The summed E-state index contributed by atoms with van der Waals surface area (Å²) in [5.74, 6) is 0.975. The van der Waals surface area contributed by atoms with E-state index in [0.717, 1.165) is 12.4 Å². The van der Waals surface area contributed by atoms with Crippen molar-refractivity contribution in [1.82, 2.24) is 30.0 Å². The van der Waals surface area contributed by atoms with E-state index in [1.54, 1.807) is 23.2 Å². The number of amides is 3. The third-order valence-corrected chi connectivity index (χ3v) is 6.18. The maximum atomic E-state index is 13.5. The summed E-state index contributed by atoms with van der Waals surface area (Å²) in [5.41, 5.74) is 0. The molecule has 2 saturated heterocycles. The number of hydrogen-bond donors (Lipinski definition) is 2. The first-order valence-electron chi connectivity index (χ1n) is 11.4. The van der Waals surface area contributed by atoms with Crippen LogP contribution >= 0.6 is 0 Å². The fraction of sp³-hybridized carbons (Fsp3) is 0.522. The number of likely N-dealkylation sites (tertiary alicyclic amines) is 1. The number of aromatic nitrogens is 2. The van der Waals surface area contributed by atoms with Crippen LogP contribution in [0.2, 0.25) is 0 Å². The van der Waals surface area contributed by atoms with Crippen LogP contribution in [-0.2, 0) is 18.4 Å². The number of rotatable bonds is 9. The second-order valence-corrected chi connectivity index (χ2v) is 8.73. The first kappa shape index (κ1) is 23.0. The SMILES string of the molecule is Cn1ccnc1CN1C[C@@H](COc2cccc(F)c2)C[C@@H](C(=O)NCCN2CCNC2=O)C1. The predicted octanol–water partition coefficient (Wildman–Crippen LogP) is 1.22. The van der Waals surface area contributed by atoms with Gasteiger partial charge in [0, 0.05) is 70.7 Å². The minimum absolute atomic E-state index is 0.0186. The van der Waals surface area contributed by atoms with E-state index in [0.29, 0.717) is 58.0 Å². The molecule has 0 spiro atoms. The number of urea groups is 1. The Hall–Kier alpha value is -3.14. The molecule has 0 radical (unpaired) electrons. The van der Waals surface area contributed by atoms with Gasteiger partial charge in [-0.25, -0.2) is 14.2 Å². The number of carbonyl (C=O) groups is 2. The number of nitrogens with zero attached hydrogens (tertiary/aromatic N) is 4. The molecule has 2 aliphatic rings. The van der Waals surface area contributed by atoms with Crippen molar-refractivity contribution in [2.45, 2.75) is 13.0 Å². The maximum absolute atomic E-state index is 13.5. The van der Waals surface area contributed by atoms with Gasteiger partial charge in [-0.05, 0) is 18.6 Å². The number of carbonyl (C=O) groups excluding carboxylic acids is 2. The molecule has 0 aliphatic carbocycles. The molecule has 2 fully saturated rings. The van der Waals surface area contributed by atoms with Crippen LogP contribution in [0.4, 0.5) is 9.18 Å². The van der Waals surface area contributed by atoms with Gasteiger partial charge < -0.3 is 24.8 Å². The monoisotopic (exact) mass is 458 g/mol. The highest BCUT2D eigenvalue weighted by Crippen LogP contribution is 2.25. The highest BCUT2D eigenvalue weighted by Gasteiger charge is 2.32. The molecule has 2 atom stereocenters. The molecule has 178 valence electrons. The zero-order valence-electron chi connectivity index (χ0n) is 18.9. The second kappa shape index (κ2) is 10.7. The largest absolute Gasteiger partial charge is 0.493 e.